The highest BCUT2D eigenvalue weighted by Gasteiger charge is 2.22. The van der Waals surface area contributed by atoms with Gasteiger partial charge in [0.05, 0.1) is 34.4 Å². The Labute approximate surface area is 214 Å². The van der Waals surface area contributed by atoms with Crippen LogP contribution in [0.1, 0.15) is 70.2 Å². The number of ether oxygens (including phenoxy) is 2. The Morgan fingerprint density at radius 3 is 2.62 bits per heavy atom. The molecule has 0 atom stereocenters. The molecule has 1 saturated carbocycles. The van der Waals surface area contributed by atoms with Crippen LogP contribution in [0, 0.1) is 8.99 Å². The number of halogens is 1. The first kappa shape index (κ1) is 24.7. The summed E-state index contributed by atoms with van der Waals surface area (Å²) >= 11 is 2.25. The summed E-state index contributed by atoms with van der Waals surface area (Å²) in [5.41, 5.74) is 1.47. The Morgan fingerprint density at radius 1 is 1.18 bits per heavy atom. The molecule has 0 saturated heterocycles. The van der Waals surface area contributed by atoms with Crippen LogP contribution in [0.4, 0.5) is 0 Å². The van der Waals surface area contributed by atoms with Gasteiger partial charge in [-0.2, -0.15) is 9.78 Å². The van der Waals surface area contributed by atoms with Crippen LogP contribution >= 0.6 is 22.6 Å². The van der Waals surface area contributed by atoms with Crippen LogP contribution in [0.25, 0.3) is 10.9 Å². The van der Waals surface area contributed by atoms with Gasteiger partial charge in [0, 0.05) is 5.92 Å². The smallest absolute Gasteiger partial charge is 0.282 e. The highest BCUT2D eigenvalue weighted by Crippen LogP contribution is 2.35. The Morgan fingerprint density at radius 2 is 1.91 bits per heavy atom. The molecule has 1 aliphatic rings. The molecule has 1 heterocycles. The number of para-hydroxylation sites is 1. The number of methoxy groups -OCH3 is 1. The molecule has 0 unspecified atom stereocenters. The van der Waals surface area contributed by atoms with E-state index in [0.29, 0.717) is 17.7 Å². The van der Waals surface area contributed by atoms with Gasteiger partial charge in [0.15, 0.2) is 11.5 Å². The molecule has 34 heavy (non-hydrogen) atoms. The first-order valence-corrected chi connectivity index (χ1v) is 12.9. The minimum absolute atomic E-state index is 0.0357. The number of hydrogen-bond donors (Lipinski definition) is 0. The van der Waals surface area contributed by atoms with E-state index in [2.05, 4.69) is 48.5 Å². The van der Waals surface area contributed by atoms with E-state index in [4.69, 9.17) is 14.5 Å². The van der Waals surface area contributed by atoms with E-state index in [-0.39, 0.29) is 16.9 Å². The van der Waals surface area contributed by atoms with E-state index >= 15 is 0 Å². The van der Waals surface area contributed by atoms with Gasteiger partial charge in [-0.1, -0.05) is 52.2 Å². The Hall–Kier alpha value is -2.42. The van der Waals surface area contributed by atoms with Crippen molar-refractivity contribution in [1.29, 1.82) is 0 Å². The van der Waals surface area contributed by atoms with Gasteiger partial charge in [0.25, 0.3) is 5.56 Å². The Bertz CT molecular complexity index is 1250. The number of nitrogens with zero attached hydrogens (tertiary/aromatic N) is 3. The summed E-state index contributed by atoms with van der Waals surface area (Å²) in [7, 11) is 1.63. The monoisotopic (exact) mass is 573 g/mol. The number of hydrogen-bond acceptors (Lipinski definition) is 5. The first-order chi connectivity index (χ1) is 16.3. The van der Waals surface area contributed by atoms with E-state index in [0.717, 1.165) is 51.9 Å². The van der Waals surface area contributed by atoms with Crippen LogP contribution in [0.15, 0.2) is 46.3 Å². The summed E-state index contributed by atoms with van der Waals surface area (Å²) in [5.74, 6) is 2.37. The van der Waals surface area contributed by atoms with Crippen molar-refractivity contribution in [2.24, 2.45) is 10.5 Å². The molecule has 0 radical (unpaired) electrons. The molecular weight excluding hydrogens is 541 g/mol. The Balaban J connectivity index is 1.74. The molecule has 1 fully saturated rings. The van der Waals surface area contributed by atoms with Gasteiger partial charge in [0.1, 0.15) is 5.82 Å². The zero-order valence-corrected chi connectivity index (χ0v) is 22.5. The van der Waals surface area contributed by atoms with Crippen LogP contribution in [-0.4, -0.2) is 29.6 Å². The van der Waals surface area contributed by atoms with E-state index < -0.39 is 0 Å². The van der Waals surface area contributed by atoms with E-state index in [1.807, 2.05) is 36.4 Å². The number of aromatic nitrogens is 2. The van der Waals surface area contributed by atoms with Crippen LogP contribution in [-0.2, 0) is 0 Å². The van der Waals surface area contributed by atoms with Gasteiger partial charge >= 0.3 is 0 Å². The van der Waals surface area contributed by atoms with Crippen molar-refractivity contribution < 1.29 is 9.47 Å². The highest BCUT2D eigenvalue weighted by molar-refractivity contribution is 14.1. The van der Waals surface area contributed by atoms with Crippen molar-refractivity contribution in [1.82, 2.24) is 9.66 Å². The number of rotatable bonds is 6. The average molecular weight is 573 g/mol. The number of benzene rings is 2. The van der Waals surface area contributed by atoms with Crippen molar-refractivity contribution in [2.75, 3.05) is 13.7 Å². The van der Waals surface area contributed by atoms with Gasteiger partial charge in [0.2, 0.25) is 0 Å². The van der Waals surface area contributed by atoms with Crippen molar-refractivity contribution in [3.05, 3.63) is 61.7 Å². The van der Waals surface area contributed by atoms with Gasteiger partial charge in [-0.3, -0.25) is 4.79 Å². The van der Waals surface area contributed by atoms with Crippen molar-refractivity contribution >= 4 is 39.7 Å². The van der Waals surface area contributed by atoms with Crippen LogP contribution in [0.2, 0.25) is 0 Å². The molecule has 0 bridgehead atoms. The summed E-state index contributed by atoms with van der Waals surface area (Å²) in [5, 5.41) is 5.23. The first-order valence-electron chi connectivity index (χ1n) is 11.8. The summed E-state index contributed by atoms with van der Waals surface area (Å²) in [6, 6.07) is 11.4. The van der Waals surface area contributed by atoms with Gasteiger partial charge < -0.3 is 9.47 Å². The second kappa shape index (κ2) is 10.5. The zero-order valence-electron chi connectivity index (χ0n) is 20.3. The molecule has 6 nitrogen and oxygen atoms in total. The van der Waals surface area contributed by atoms with E-state index in [1.165, 1.54) is 11.1 Å². The third-order valence-corrected chi connectivity index (χ3v) is 6.77. The van der Waals surface area contributed by atoms with Crippen molar-refractivity contribution in [2.45, 2.75) is 58.8 Å². The molecule has 180 valence electrons. The third kappa shape index (κ3) is 5.62. The van der Waals surface area contributed by atoms with Crippen molar-refractivity contribution in [3.8, 4) is 11.5 Å². The largest absolute Gasteiger partial charge is 0.493 e. The highest BCUT2D eigenvalue weighted by atomic mass is 127. The standard InChI is InChI=1S/C27H32IN3O3/c1-27(2,3)17-34-24-21(28)14-18(15-23(24)33-4)16-29-31-25(19-10-6-5-7-11-19)30-22-13-9-8-12-20(22)26(31)32/h8-9,12-16,19H,5-7,10-11,17H2,1-4H3. The normalized spacial score (nSPS) is 15.2. The fourth-order valence-electron chi connectivity index (χ4n) is 4.24. The predicted molar refractivity (Wildman–Crippen MR) is 145 cm³/mol. The lowest BCUT2D eigenvalue weighted by Crippen LogP contribution is -2.25. The Kier molecular flexibility index (Phi) is 7.60. The fraction of sp³-hybridized carbons (Fsp3) is 0.444. The minimum Gasteiger partial charge on any atom is -0.493 e. The van der Waals surface area contributed by atoms with Crippen molar-refractivity contribution in [3.63, 3.8) is 0 Å². The predicted octanol–water partition coefficient (Wildman–Crippen LogP) is 6.36. The summed E-state index contributed by atoms with van der Waals surface area (Å²) < 4.78 is 14.1. The molecule has 3 aromatic rings. The lowest BCUT2D eigenvalue weighted by molar-refractivity contribution is 0.190. The topological polar surface area (TPSA) is 65.7 Å². The molecule has 1 aromatic heterocycles. The minimum atomic E-state index is -0.130. The summed E-state index contributed by atoms with van der Waals surface area (Å²) in [4.78, 5) is 18.3. The van der Waals surface area contributed by atoms with E-state index in [9.17, 15) is 4.79 Å². The molecule has 2 aromatic carbocycles. The maximum Gasteiger partial charge on any atom is 0.282 e. The van der Waals surface area contributed by atoms with E-state index in [1.54, 1.807) is 13.3 Å². The lowest BCUT2D eigenvalue weighted by Gasteiger charge is -2.22. The number of fused-ring (bicyclic) bond motifs is 1. The summed E-state index contributed by atoms with van der Waals surface area (Å²) in [6.45, 7) is 6.97. The van der Waals surface area contributed by atoms with Crippen LogP contribution in [0.5, 0.6) is 11.5 Å². The molecule has 0 amide bonds. The maximum absolute atomic E-state index is 13.4. The second-order valence-corrected chi connectivity index (χ2v) is 11.2. The van der Waals surface area contributed by atoms with Gasteiger partial charge in [-0.25, -0.2) is 4.98 Å². The molecular formula is C27H32IN3O3. The SMILES string of the molecule is COc1cc(C=Nn2c(C3CCCCC3)nc3ccccc3c2=O)cc(I)c1OCC(C)(C)C. The maximum atomic E-state index is 13.4. The molecule has 0 aliphatic heterocycles. The van der Waals surface area contributed by atoms with Crippen LogP contribution < -0.4 is 15.0 Å². The quantitative estimate of drug-likeness (QED) is 0.254. The van der Waals surface area contributed by atoms with Gasteiger partial charge in [-0.05, 0) is 70.7 Å². The fourth-order valence-corrected chi connectivity index (χ4v) is 5.03. The molecule has 0 N–H and O–H groups in total. The molecule has 1 aliphatic carbocycles. The molecule has 4 rings (SSSR count). The third-order valence-electron chi connectivity index (χ3n) is 5.97. The average Bonchev–Trinajstić information content (AvgIpc) is 2.82. The zero-order chi connectivity index (χ0) is 24.3. The second-order valence-electron chi connectivity index (χ2n) is 10.1. The molecule has 0 spiro atoms. The lowest BCUT2D eigenvalue weighted by atomic mass is 9.88. The van der Waals surface area contributed by atoms with Gasteiger partial charge in [-0.15, -0.1) is 0 Å². The van der Waals surface area contributed by atoms with Crippen LogP contribution in [0.3, 0.4) is 0 Å². The summed E-state index contributed by atoms with van der Waals surface area (Å²) in [6.07, 6.45) is 7.32. The molecule has 7 heteroatoms.